The van der Waals surface area contributed by atoms with E-state index in [0.717, 1.165) is 33.2 Å². The van der Waals surface area contributed by atoms with Gasteiger partial charge in [-0.05, 0) is 72.1 Å². The Labute approximate surface area is 245 Å². The fourth-order valence-electron chi connectivity index (χ4n) is 7.93. The van der Waals surface area contributed by atoms with Crippen molar-refractivity contribution in [1.82, 2.24) is 4.98 Å². The van der Waals surface area contributed by atoms with Crippen molar-refractivity contribution in [3.05, 3.63) is 110 Å². The van der Waals surface area contributed by atoms with Gasteiger partial charge in [0.15, 0.2) is 0 Å². The summed E-state index contributed by atoms with van der Waals surface area (Å²) in [6, 6.07) is 25.8. The van der Waals surface area contributed by atoms with E-state index in [4.69, 9.17) is 4.74 Å². The number of aromatic nitrogens is 1. The first kappa shape index (κ1) is 25.1. The van der Waals surface area contributed by atoms with Crippen LogP contribution in [0.1, 0.15) is 33.9 Å². The van der Waals surface area contributed by atoms with Crippen LogP contribution in [0.5, 0.6) is 5.75 Å². The molecule has 0 radical (unpaired) electrons. The van der Waals surface area contributed by atoms with E-state index in [-0.39, 0.29) is 57.4 Å². The number of aromatic amines is 1. The molecule has 206 valence electrons. The summed E-state index contributed by atoms with van der Waals surface area (Å²) in [5.41, 5.74) is 4.14. The Hall–Kier alpha value is -3.62. The van der Waals surface area contributed by atoms with E-state index < -0.39 is 0 Å². The van der Waals surface area contributed by atoms with Gasteiger partial charge in [-0.2, -0.15) is 0 Å². The summed E-state index contributed by atoms with van der Waals surface area (Å²) >= 11 is 3.00. The van der Waals surface area contributed by atoms with Crippen molar-refractivity contribution in [2.45, 2.75) is 36.1 Å². The number of H-pyrrole nitrogens is 1. The van der Waals surface area contributed by atoms with Crippen LogP contribution in [0, 0.1) is 36.5 Å². The summed E-state index contributed by atoms with van der Waals surface area (Å²) in [7, 11) is 0. The third-order valence-corrected chi connectivity index (χ3v) is 12.2. The zero-order chi connectivity index (χ0) is 27.8. The van der Waals surface area contributed by atoms with Gasteiger partial charge in [0.2, 0.25) is 11.8 Å². The highest BCUT2D eigenvalue weighted by Crippen LogP contribution is 2.68. The minimum absolute atomic E-state index is 0.00440. The SMILES string of the molecule is Cc1ccccc1COc1ccc([C@H]2c3sc(=O)[nH]c3SC3C4CC(C5C(=O)N(c6ccccc6)C(=O)C45)C32)cc1. The second-order valence-corrected chi connectivity index (χ2v) is 13.8. The molecule has 6 nitrogen and oxygen atoms in total. The summed E-state index contributed by atoms with van der Waals surface area (Å²) < 4.78 is 6.12. The zero-order valence-electron chi connectivity index (χ0n) is 22.4. The molecular weight excluding hydrogens is 553 g/mol. The number of hydrogen-bond donors (Lipinski definition) is 1. The van der Waals surface area contributed by atoms with Crippen molar-refractivity contribution in [2.24, 2.45) is 29.6 Å². The predicted molar refractivity (Wildman–Crippen MR) is 159 cm³/mol. The first-order chi connectivity index (χ1) is 20.0. The topological polar surface area (TPSA) is 79.5 Å². The van der Waals surface area contributed by atoms with Crippen molar-refractivity contribution in [3.8, 4) is 5.75 Å². The van der Waals surface area contributed by atoms with Crippen molar-refractivity contribution in [3.63, 3.8) is 0 Å². The maximum Gasteiger partial charge on any atom is 0.305 e. The van der Waals surface area contributed by atoms with Crippen molar-refractivity contribution in [2.75, 3.05) is 4.90 Å². The lowest BCUT2D eigenvalue weighted by molar-refractivity contribution is -0.123. The van der Waals surface area contributed by atoms with Crippen LogP contribution < -0.4 is 14.5 Å². The van der Waals surface area contributed by atoms with Crippen LogP contribution in [0.3, 0.4) is 0 Å². The van der Waals surface area contributed by atoms with Gasteiger partial charge in [-0.3, -0.25) is 19.3 Å². The number of thioether (sulfide) groups is 1. The first-order valence-electron chi connectivity index (χ1n) is 14.1. The minimum atomic E-state index is -0.300. The number of imide groups is 1. The maximum absolute atomic E-state index is 13.8. The second kappa shape index (κ2) is 9.46. The number of carbonyl (C=O) groups excluding carboxylic acids is 2. The smallest absolute Gasteiger partial charge is 0.305 e. The van der Waals surface area contributed by atoms with Crippen LogP contribution >= 0.6 is 23.1 Å². The average molecular weight is 581 g/mol. The summed E-state index contributed by atoms with van der Waals surface area (Å²) in [5.74, 6) is 0.470. The highest BCUT2D eigenvalue weighted by atomic mass is 32.2. The molecule has 0 spiro atoms. The molecule has 6 unspecified atom stereocenters. The molecule has 3 heterocycles. The fourth-order valence-corrected chi connectivity index (χ4v) is 10.8. The van der Waals surface area contributed by atoms with E-state index in [0.29, 0.717) is 12.3 Å². The number of hydrogen-bond acceptors (Lipinski definition) is 6. The summed E-state index contributed by atoms with van der Waals surface area (Å²) in [6.07, 6.45) is 0.880. The normalized spacial score (nSPS) is 29.4. The van der Waals surface area contributed by atoms with Gasteiger partial charge in [0.25, 0.3) is 0 Å². The number of aryl methyl sites for hydroxylation is 1. The Kier molecular flexibility index (Phi) is 5.80. The lowest BCUT2D eigenvalue weighted by Gasteiger charge is -2.43. The molecular formula is C33H28N2O4S2. The summed E-state index contributed by atoms with van der Waals surface area (Å²) in [5, 5.41) is 1.10. The third kappa shape index (κ3) is 3.80. The number of amides is 2. The van der Waals surface area contributed by atoms with Crippen LogP contribution in [-0.4, -0.2) is 22.0 Å². The molecule has 1 aromatic heterocycles. The molecule has 8 heteroatoms. The molecule has 3 aromatic carbocycles. The Balaban J connectivity index is 1.12. The Morgan fingerprint density at radius 2 is 1.59 bits per heavy atom. The standard InChI is InChI=1S/C33H28N2O4S2/c1-17-7-5-6-8-19(17)16-39-21-13-11-18(12-14-21)24-25-22-15-23(28(25)40-30-29(24)41-33(38)34-30)27-26(22)31(36)35(32(27)37)20-9-3-2-4-10-20/h2-14,22-28H,15-16H2,1H3,(H,34,38)/t22?,23?,24-,25?,26?,27?,28?/m1/s1. The second-order valence-electron chi connectivity index (χ2n) is 11.6. The van der Waals surface area contributed by atoms with Gasteiger partial charge in [0.1, 0.15) is 12.4 Å². The van der Waals surface area contributed by atoms with Gasteiger partial charge in [-0.25, -0.2) is 0 Å². The first-order valence-corrected chi connectivity index (χ1v) is 15.8. The predicted octanol–water partition coefficient (Wildman–Crippen LogP) is 6.00. The maximum atomic E-state index is 13.8. The molecule has 2 amide bonds. The Morgan fingerprint density at radius 1 is 0.878 bits per heavy atom. The molecule has 7 atom stereocenters. The van der Waals surface area contributed by atoms with Crippen molar-refractivity contribution in [1.29, 1.82) is 0 Å². The van der Waals surface area contributed by atoms with Gasteiger partial charge in [-0.15, -0.1) is 11.8 Å². The van der Waals surface area contributed by atoms with Gasteiger partial charge in [-0.1, -0.05) is 65.9 Å². The number of nitrogens with zero attached hydrogens (tertiary/aromatic N) is 1. The summed E-state index contributed by atoms with van der Waals surface area (Å²) in [6.45, 7) is 2.59. The molecule has 2 bridgehead atoms. The van der Waals surface area contributed by atoms with Gasteiger partial charge in [0.05, 0.1) is 22.5 Å². The highest BCUT2D eigenvalue weighted by Gasteiger charge is 2.69. The average Bonchev–Trinajstić information content (AvgIpc) is 3.72. The van der Waals surface area contributed by atoms with Crippen LogP contribution in [0.2, 0.25) is 0 Å². The number of carbonyl (C=O) groups is 2. The number of ether oxygens (including phenoxy) is 1. The molecule has 41 heavy (non-hydrogen) atoms. The number of fused-ring (bicyclic) bond motifs is 9. The molecule has 1 saturated heterocycles. The largest absolute Gasteiger partial charge is 0.489 e. The van der Waals surface area contributed by atoms with E-state index in [2.05, 4.69) is 36.2 Å². The van der Waals surface area contributed by atoms with E-state index in [9.17, 15) is 14.4 Å². The molecule has 2 saturated carbocycles. The molecule has 2 aliphatic carbocycles. The number of nitrogens with one attached hydrogen (secondary N) is 1. The van der Waals surface area contributed by atoms with Gasteiger partial charge < -0.3 is 9.72 Å². The van der Waals surface area contributed by atoms with Gasteiger partial charge in [0, 0.05) is 16.0 Å². The van der Waals surface area contributed by atoms with Crippen LogP contribution in [0.4, 0.5) is 5.69 Å². The number of para-hydroxylation sites is 1. The zero-order valence-corrected chi connectivity index (χ0v) is 24.0. The minimum Gasteiger partial charge on any atom is -0.489 e. The lowest BCUT2D eigenvalue weighted by atomic mass is 9.68. The van der Waals surface area contributed by atoms with Crippen LogP contribution in [0.25, 0.3) is 0 Å². The Morgan fingerprint density at radius 3 is 2.34 bits per heavy atom. The van der Waals surface area contributed by atoms with E-state index >= 15 is 0 Å². The van der Waals surface area contributed by atoms with Crippen LogP contribution in [0.15, 0.2) is 88.7 Å². The quantitative estimate of drug-likeness (QED) is 0.293. The fraction of sp³-hybridized carbons (Fsp3) is 0.303. The molecule has 3 fully saturated rings. The highest BCUT2D eigenvalue weighted by molar-refractivity contribution is 8.00. The molecule has 8 rings (SSSR count). The summed E-state index contributed by atoms with van der Waals surface area (Å²) in [4.78, 5) is 45.6. The van der Waals surface area contributed by atoms with E-state index in [1.165, 1.54) is 21.8 Å². The lowest BCUT2D eigenvalue weighted by Crippen LogP contribution is -2.42. The third-order valence-electron chi connectivity index (χ3n) is 9.63. The number of rotatable bonds is 5. The number of benzene rings is 3. The van der Waals surface area contributed by atoms with E-state index in [1.807, 2.05) is 54.6 Å². The molecule has 4 aliphatic rings. The monoisotopic (exact) mass is 580 g/mol. The van der Waals surface area contributed by atoms with Gasteiger partial charge >= 0.3 is 4.87 Å². The Bertz CT molecular complexity index is 1730. The molecule has 2 aliphatic heterocycles. The van der Waals surface area contributed by atoms with Crippen molar-refractivity contribution < 1.29 is 14.3 Å². The number of thiazole rings is 1. The number of anilines is 1. The van der Waals surface area contributed by atoms with E-state index in [1.54, 1.807) is 11.8 Å². The van der Waals surface area contributed by atoms with Crippen molar-refractivity contribution >= 4 is 40.6 Å². The van der Waals surface area contributed by atoms with Crippen LogP contribution in [-0.2, 0) is 16.2 Å². The molecule has 1 N–H and O–H groups in total. The molecule has 4 aromatic rings.